The van der Waals surface area contributed by atoms with E-state index in [0.717, 1.165) is 0 Å². The lowest BCUT2D eigenvalue weighted by atomic mass is 9.87. The molecule has 0 bridgehead atoms. The van der Waals surface area contributed by atoms with Gasteiger partial charge in [0.15, 0.2) is 0 Å². The molecule has 1 aliphatic heterocycles. The molecule has 0 saturated carbocycles. The van der Waals surface area contributed by atoms with Gasteiger partial charge in [-0.05, 0) is 89.3 Å². The highest BCUT2D eigenvalue weighted by Gasteiger charge is 2.21. The molecule has 0 fully saturated rings. The summed E-state index contributed by atoms with van der Waals surface area (Å²) in [5.41, 5.74) is 7.80. The van der Waals surface area contributed by atoms with Gasteiger partial charge in [-0.25, -0.2) is 0 Å². The molecule has 0 N–H and O–H groups in total. The van der Waals surface area contributed by atoms with Crippen molar-refractivity contribution in [1.82, 2.24) is 0 Å². The summed E-state index contributed by atoms with van der Waals surface area (Å²) in [4.78, 5) is 2.67. The van der Waals surface area contributed by atoms with Crippen LogP contribution in [0.4, 0.5) is 0 Å². The minimum absolute atomic E-state index is 1.26. The molecule has 0 saturated heterocycles. The lowest BCUT2D eigenvalue weighted by Crippen LogP contribution is -1.94. The molecule has 0 radical (unpaired) electrons. The molecule has 9 rings (SSSR count). The van der Waals surface area contributed by atoms with E-state index in [4.69, 9.17) is 0 Å². The van der Waals surface area contributed by atoms with Crippen molar-refractivity contribution in [3.05, 3.63) is 146 Å². The molecule has 0 aliphatic carbocycles. The number of rotatable bonds is 2. The van der Waals surface area contributed by atoms with Crippen molar-refractivity contribution in [2.45, 2.75) is 9.79 Å². The van der Waals surface area contributed by atoms with Crippen LogP contribution in [0.3, 0.4) is 0 Å². The van der Waals surface area contributed by atoms with Crippen LogP contribution in [0.5, 0.6) is 0 Å². The Labute approximate surface area is 242 Å². The summed E-state index contributed by atoms with van der Waals surface area (Å²) in [7, 11) is 0. The third kappa shape index (κ3) is 3.36. The van der Waals surface area contributed by atoms with Gasteiger partial charge in [0.1, 0.15) is 0 Å². The van der Waals surface area contributed by atoms with E-state index in [1.54, 1.807) is 0 Å². The number of hydrogen-bond donors (Lipinski definition) is 0. The van der Waals surface area contributed by atoms with Gasteiger partial charge in [0.2, 0.25) is 0 Å². The molecule has 0 atom stereocenters. The van der Waals surface area contributed by atoms with Gasteiger partial charge in [0.25, 0.3) is 0 Å². The van der Waals surface area contributed by atoms with Crippen LogP contribution < -0.4 is 0 Å². The van der Waals surface area contributed by atoms with Crippen LogP contribution in [0.1, 0.15) is 0 Å². The van der Waals surface area contributed by atoms with E-state index >= 15 is 0 Å². The molecule has 41 heavy (non-hydrogen) atoms. The molecule has 0 amide bonds. The van der Waals surface area contributed by atoms with Gasteiger partial charge in [-0.3, -0.25) is 0 Å². The standard InChI is InChI=1S/C40H24S/c1-2-10-25(11-3-1)39-27-13-5-4-12-26(27)24-36-29-16-8-15-28(30(29)20-21-35(36)39)31-22-23-38-40-33(31)17-9-18-34(40)32-14-6-7-19-37(32)41-38/h1-24H. The van der Waals surface area contributed by atoms with Crippen LogP contribution in [-0.4, -0.2) is 0 Å². The van der Waals surface area contributed by atoms with Crippen molar-refractivity contribution in [3.8, 4) is 33.4 Å². The van der Waals surface area contributed by atoms with Gasteiger partial charge in [-0.2, -0.15) is 0 Å². The number of fused-ring (bicyclic) bond motifs is 6. The third-order valence-corrected chi connectivity index (χ3v) is 9.79. The van der Waals surface area contributed by atoms with Crippen molar-refractivity contribution in [3.63, 3.8) is 0 Å². The molecule has 8 aromatic carbocycles. The van der Waals surface area contributed by atoms with Crippen molar-refractivity contribution in [1.29, 1.82) is 0 Å². The molecule has 8 aromatic rings. The van der Waals surface area contributed by atoms with E-state index in [9.17, 15) is 0 Å². The average Bonchev–Trinajstić information content (AvgIpc) is 3.04. The zero-order valence-electron chi connectivity index (χ0n) is 22.3. The van der Waals surface area contributed by atoms with Crippen LogP contribution in [0.25, 0.3) is 76.5 Å². The highest BCUT2D eigenvalue weighted by molar-refractivity contribution is 7.99. The van der Waals surface area contributed by atoms with Crippen LogP contribution in [0, 0.1) is 0 Å². The lowest BCUT2D eigenvalue weighted by Gasteiger charge is -2.22. The summed E-state index contributed by atoms with van der Waals surface area (Å²) in [6.45, 7) is 0. The fraction of sp³-hybridized carbons (Fsp3) is 0. The summed E-state index contributed by atoms with van der Waals surface area (Å²) in [5, 5.41) is 10.4. The van der Waals surface area contributed by atoms with Crippen molar-refractivity contribution < 1.29 is 0 Å². The first-order chi connectivity index (χ1) is 20.3. The second-order valence-corrected chi connectivity index (χ2v) is 11.9. The summed E-state index contributed by atoms with van der Waals surface area (Å²) in [6.07, 6.45) is 0. The first kappa shape index (κ1) is 22.9. The van der Waals surface area contributed by atoms with Crippen LogP contribution >= 0.6 is 11.8 Å². The van der Waals surface area contributed by atoms with Crippen molar-refractivity contribution in [2.24, 2.45) is 0 Å². The fourth-order valence-corrected chi connectivity index (χ4v) is 8.00. The van der Waals surface area contributed by atoms with E-state index in [-0.39, 0.29) is 0 Å². The topological polar surface area (TPSA) is 0 Å². The summed E-state index contributed by atoms with van der Waals surface area (Å²) in [6, 6.07) is 53.7. The molecule has 1 heterocycles. The first-order valence-electron chi connectivity index (χ1n) is 14.1. The summed E-state index contributed by atoms with van der Waals surface area (Å²) < 4.78 is 0. The van der Waals surface area contributed by atoms with E-state index in [2.05, 4.69) is 146 Å². The average molecular weight is 537 g/mol. The van der Waals surface area contributed by atoms with Crippen molar-refractivity contribution in [2.75, 3.05) is 0 Å². The molecule has 1 heteroatoms. The molecule has 0 aromatic heterocycles. The zero-order valence-corrected chi connectivity index (χ0v) is 23.1. The second kappa shape index (κ2) is 8.83. The Hall–Kier alpha value is -4.85. The lowest BCUT2D eigenvalue weighted by molar-refractivity contribution is 1.40. The van der Waals surface area contributed by atoms with E-state index in [0.29, 0.717) is 0 Å². The SMILES string of the molecule is c1ccc(-c2c3ccccc3cc3c2ccc2c(-c4ccc5c6c(cccc46)-c4ccccc4S5)cccc23)cc1. The Kier molecular flexibility index (Phi) is 4.93. The Morgan fingerprint density at radius 2 is 1.02 bits per heavy atom. The van der Waals surface area contributed by atoms with E-state index < -0.39 is 0 Å². The Balaban J connectivity index is 1.35. The third-order valence-electron chi connectivity index (χ3n) is 8.65. The molecule has 0 nitrogen and oxygen atoms in total. The Morgan fingerprint density at radius 1 is 0.341 bits per heavy atom. The maximum atomic E-state index is 2.38. The van der Waals surface area contributed by atoms with Gasteiger partial charge >= 0.3 is 0 Å². The Morgan fingerprint density at radius 3 is 1.95 bits per heavy atom. The van der Waals surface area contributed by atoms with Crippen molar-refractivity contribution >= 4 is 54.9 Å². The molecule has 190 valence electrons. The minimum atomic E-state index is 1.26. The van der Waals surface area contributed by atoms with Gasteiger partial charge in [-0.15, -0.1) is 0 Å². The van der Waals surface area contributed by atoms with Crippen LogP contribution in [0.2, 0.25) is 0 Å². The highest BCUT2D eigenvalue weighted by Crippen LogP contribution is 2.50. The van der Waals surface area contributed by atoms with E-state index in [1.807, 2.05) is 11.8 Å². The van der Waals surface area contributed by atoms with Gasteiger partial charge in [-0.1, -0.05) is 139 Å². The van der Waals surface area contributed by atoms with Gasteiger partial charge < -0.3 is 0 Å². The normalized spacial score (nSPS) is 12.3. The van der Waals surface area contributed by atoms with Gasteiger partial charge in [0, 0.05) is 15.2 Å². The summed E-state index contributed by atoms with van der Waals surface area (Å²) >= 11 is 1.88. The van der Waals surface area contributed by atoms with Gasteiger partial charge in [0.05, 0.1) is 0 Å². The predicted molar refractivity (Wildman–Crippen MR) is 177 cm³/mol. The maximum absolute atomic E-state index is 2.38. The fourth-order valence-electron chi connectivity index (χ4n) is 6.87. The van der Waals surface area contributed by atoms with Crippen LogP contribution in [-0.2, 0) is 0 Å². The summed E-state index contributed by atoms with van der Waals surface area (Å²) in [5.74, 6) is 0. The Bertz CT molecular complexity index is 2330. The van der Waals surface area contributed by atoms with Crippen LogP contribution in [0.15, 0.2) is 155 Å². The largest absolute Gasteiger partial charge is 0.0888 e. The number of hydrogen-bond acceptors (Lipinski definition) is 1. The minimum Gasteiger partial charge on any atom is -0.0888 e. The van der Waals surface area contributed by atoms with E-state index in [1.165, 1.54) is 86.3 Å². The molecular formula is C40H24S. The smallest absolute Gasteiger partial charge is 0.0207 e. The first-order valence-corrected chi connectivity index (χ1v) is 14.9. The molecule has 0 unspecified atom stereocenters. The number of benzene rings is 8. The quantitative estimate of drug-likeness (QED) is 0.156. The molecule has 1 aliphatic rings. The predicted octanol–water partition coefficient (Wildman–Crippen LogP) is 11.8. The second-order valence-electron chi connectivity index (χ2n) is 10.8. The highest BCUT2D eigenvalue weighted by atomic mass is 32.2. The molecular weight excluding hydrogens is 513 g/mol. The molecule has 0 spiro atoms. The monoisotopic (exact) mass is 536 g/mol. The zero-order chi connectivity index (χ0) is 26.9. The maximum Gasteiger partial charge on any atom is 0.0207 e.